The summed E-state index contributed by atoms with van der Waals surface area (Å²) in [6, 6.07) is 2.04. The Hall–Kier alpha value is -1.82. The number of H-pyrrole nitrogens is 1. The average molecular weight is 276 g/mol. The van der Waals surface area contributed by atoms with Gasteiger partial charge in [-0.3, -0.25) is 9.89 Å². The Labute approximate surface area is 115 Å². The predicted molar refractivity (Wildman–Crippen MR) is 75.2 cm³/mol. The highest BCUT2D eigenvalue weighted by Crippen LogP contribution is 2.42. The fraction of sp³-hybridized carbons (Fsp3) is 0.385. The van der Waals surface area contributed by atoms with Crippen LogP contribution in [-0.4, -0.2) is 16.1 Å². The van der Waals surface area contributed by atoms with E-state index >= 15 is 0 Å². The van der Waals surface area contributed by atoms with Gasteiger partial charge in [-0.25, -0.2) is 0 Å². The molecule has 100 valence electrons. The second-order valence-corrected chi connectivity index (χ2v) is 5.88. The molecule has 0 saturated heterocycles. The summed E-state index contributed by atoms with van der Waals surface area (Å²) >= 11 is 1.64. The molecule has 1 aliphatic rings. The molecule has 0 spiro atoms. The number of anilines is 1. The summed E-state index contributed by atoms with van der Waals surface area (Å²) in [5.74, 6) is 0.252. The quantitative estimate of drug-likeness (QED) is 0.800. The molecule has 1 aliphatic carbocycles. The van der Waals surface area contributed by atoms with Crippen LogP contribution in [-0.2, 0) is 6.54 Å². The van der Waals surface area contributed by atoms with Gasteiger partial charge in [-0.1, -0.05) is 0 Å². The first-order chi connectivity index (χ1) is 9.16. The van der Waals surface area contributed by atoms with Gasteiger partial charge in [-0.15, -0.1) is 11.3 Å². The van der Waals surface area contributed by atoms with Crippen LogP contribution in [0.25, 0.3) is 0 Å². The number of hydrogen-bond donors (Lipinski definition) is 3. The van der Waals surface area contributed by atoms with Crippen molar-refractivity contribution >= 4 is 22.9 Å². The monoisotopic (exact) mass is 276 g/mol. The fourth-order valence-corrected chi connectivity index (χ4v) is 2.90. The molecule has 0 aliphatic heterocycles. The number of aromatic amines is 1. The van der Waals surface area contributed by atoms with Crippen molar-refractivity contribution in [1.82, 2.24) is 15.5 Å². The number of carbonyl (C=O) groups is 1. The molecule has 6 heteroatoms. The minimum Gasteiger partial charge on any atom is -0.395 e. The average Bonchev–Trinajstić information content (AvgIpc) is 3.04. The normalized spacial score (nSPS) is 14.6. The molecule has 0 atom stereocenters. The zero-order valence-corrected chi connectivity index (χ0v) is 11.5. The first-order valence-electron chi connectivity index (χ1n) is 6.31. The minimum atomic E-state index is -0.214. The topological polar surface area (TPSA) is 83.8 Å². The Kier molecular flexibility index (Phi) is 3.02. The summed E-state index contributed by atoms with van der Waals surface area (Å²) in [5, 5.41) is 11.8. The van der Waals surface area contributed by atoms with E-state index in [1.165, 1.54) is 5.56 Å². The third kappa shape index (κ3) is 2.35. The van der Waals surface area contributed by atoms with E-state index in [1.54, 1.807) is 11.3 Å². The Morgan fingerprint density at radius 3 is 3.05 bits per heavy atom. The van der Waals surface area contributed by atoms with E-state index in [0.717, 1.165) is 23.4 Å². The van der Waals surface area contributed by atoms with Crippen molar-refractivity contribution in [2.75, 3.05) is 5.73 Å². The van der Waals surface area contributed by atoms with Gasteiger partial charge in [0, 0.05) is 10.8 Å². The summed E-state index contributed by atoms with van der Waals surface area (Å²) in [6.07, 6.45) is 2.25. The smallest absolute Gasteiger partial charge is 0.274 e. The van der Waals surface area contributed by atoms with E-state index in [9.17, 15) is 4.79 Å². The number of nitrogens with two attached hydrogens (primary N) is 1. The Morgan fingerprint density at radius 2 is 2.42 bits per heavy atom. The lowest BCUT2D eigenvalue weighted by Crippen LogP contribution is -2.24. The van der Waals surface area contributed by atoms with Crippen LogP contribution in [0.1, 0.15) is 45.4 Å². The molecule has 0 unspecified atom stereocenters. The second kappa shape index (κ2) is 4.70. The summed E-state index contributed by atoms with van der Waals surface area (Å²) in [6.45, 7) is 2.56. The summed E-state index contributed by atoms with van der Waals surface area (Å²) in [5.41, 5.74) is 8.90. The molecule has 1 amide bonds. The van der Waals surface area contributed by atoms with E-state index in [-0.39, 0.29) is 5.91 Å². The highest BCUT2D eigenvalue weighted by Gasteiger charge is 2.30. The molecule has 0 aromatic carbocycles. The molecule has 5 nitrogen and oxygen atoms in total. The van der Waals surface area contributed by atoms with Gasteiger partial charge in [0.25, 0.3) is 5.91 Å². The zero-order chi connectivity index (χ0) is 13.4. The largest absolute Gasteiger partial charge is 0.395 e. The van der Waals surface area contributed by atoms with Crippen LogP contribution >= 0.6 is 11.3 Å². The molecule has 3 rings (SSSR count). The fourth-order valence-electron chi connectivity index (χ4n) is 2.05. The van der Waals surface area contributed by atoms with Crippen LogP contribution < -0.4 is 11.1 Å². The molecular formula is C13H16N4OS. The first kappa shape index (κ1) is 12.2. The third-order valence-corrected chi connectivity index (χ3v) is 4.43. The van der Waals surface area contributed by atoms with E-state index in [1.807, 2.05) is 18.4 Å². The molecular weight excluding hydrogens is 260 g/mol. The van der Waals surface area contributed by atoms with Crippen molar-refractivity contribution in [1.29, 1.82) is 0 Å². The van der Waals surface area contributed by atoms with Crippen LogP contribution in [0.2, 0.25) is 0 Å². The lowest BCUT2D eigenvalue weighted by atomic mass is 10.2. The maximum absolute atomic E-state index is 12.1. The van der Waals surface area contributed by atoms with Crippen LogP contribution in [0, 0.1) is 6.92 Å². The van der Waals surface area contributed by atoms with Gasteiger partial charge in [0.1, 0.15) is 0 Å². The number of nitrogens with one attached hydrogen (secondary N) is 2. The molecule has 2 heterocycles. The van der Waals surface area contributed by atoms with Crippen molar-refractivity contribution in [2.24, 2.45) is 0 Å². The predicted octanol–water partition coefficient (Wildman–Crippen LogP) is 2.17. The third-order valence-electron chi connectivity index (χ3n) is 3.41. The lowest BCUT2D eigenvalue weighted by Gasteiger charge is -2.03. The highest BCUT2D eigenvalue weighted by atomic mass is 32.1. The summed E-state index contributed by atoms with van der Waals surface area (Å²) < 4.78 is 0. The number of amides is 1. The van der Waals surface area contributed by atoms with Gasteiger partial charge >= 0.3 is 0 Å². The second-order valence-electron chi connectivity index (χ2n) is 4.88. The summed E-state index contributed by atoms with van der Waals surface area (Å²) in [7, 11) is 0. The molecule has 2 aromatic heterocycles. The Balaban J connectivity index is 1.68. The van der Waals surface area contributed by atoms with Gasteiger partial charge in [0.05, 0.1) is 17.9 Å². The van der Waals surface area contributed by atoms with Crippen molar-refractivity contribution in [2.45, 2.75) is 32.2 Å². The number of aryl methyl sites for hydroxylation is 1. The van der Waals surface area contributed by atoms with Crippen molar-refractivity contribution in [3.63, 3.8) is 0 Å². The number of thiophene rings is 1. The van der Waals surface area contributed by atoms with Gasteiger partial charge in [-0.2, -0.15) is 5.10 Å². The van der Waals surface area contributed by atoms with Crippen LogP contribution in [0.4, 0.5) is 5.69 Å². The maximum Gasteiger partial charge on any atom is 0.274 e. The van der Waals surface area contributed by atoms with E-state index < -0.39 is 0 Å². The molecule has 2 aromatic rings. The molecule has 1 fully saturated rings. The Morgan fingerprint density at radius 1 is 1.63 bits per heavy atom. The molecule has 4 N–H and O–H groups in total. The number of nitrogens with zero attached hydrogens (tertiary/aromatic N) is 1. The number of carbonyl (C=O) groups excluding carboxylic acids is 1. The standard InChI is InChI=1S/C13H16N4OS/c1-7-4-5-19-9(7)6-15-13(18)12-10(14)11(16-17-12)8-2-3-8/h4-5,8H,2-3,6,14H2,1H3,(H,15,18)(H,16,17). The number of rotatable bonds is 4. The molecule has 0 bridgehead atoms. The van der Waals surface area contributed by atoms with E-state index in [2.05, 4.69) is 15.5 Å². The minimum absolute atomic E-state index is 0.214. The SMILES string of the molecule is Cc1ccsc1CNC(=O)c1n[nH]c(C2CC2)c1N. The van der Waals surface area contributed by atoms with Gasteiger partial charge in [-0.05, 0) is 36.8 Å². The Bertz CT molecular complexity index is 612. The zero-order valence-electron chi connectivity index (χ0n) is 10.7. The van der Waals surface area contributed by atoms with Gasteiger partial charge < -0.3 is 11.1 Å². The van der Waals surface area contributed by atoms with Crippen LogP contribution in [0.3, 0.4) is 0 Å². The maximum atomic E-state index is 12.1. The number of nitrogen functional groups attached to an aromatic ring is 1. The van der Waals surface area contributed by atoms with Crippen molar-refractivity contribution in [3.05, 3.63) is 33.3 Å². The molecule has 0 radical (unpaired) electrons. The van der Waals surface area contributed by atoms with E-state index in [0.29, 0.717) is 23.8 Å². The lowest BCUT2D eigenvalue weighted by molar-refractivity contribution is 0.0947. The highest BCUT2D eigenvalue weighted by molar-refractivity contribution is 7.10. The van der Waals surface area contributed by atoms with Crippen molar-refractivity contribution < 1.29 is 4.79 Å². The van der Waals surface area contributed by atoms with Crippen LogP contribution in [0.15, 0.2) is 11.4 Å². The van der Waals surface area contributed by atoms with Crippen molar-refractivity contribution in [3.8, 4) is 0 Å². The van der Waals surface area contributed by atoms with Crippen LogP contribution in [0.5, 0.6) is 0 Å². The van der Waals surface area contributed by atoms with Gasteiger partial charge in [0.2, 0.25) is 0 Å². The summed E-state index contributed by atoms with van der Waals surface area (Å²) in [4.78, 5) is 13.2. The molecule has 19 heavy (non-hydrogen) atoms. The molecule has 1 saturated carbocycles. The van der Waals surface area contributed by atoms with E-state index in [4.69, 9.17) is 5.73 Å². The number of hydrogen-bond acceptors (Lipinski definition) is 4. The first-order valence-corrected chi connectivity index (χ1v) is 7.19. The number of aromatic nitrogens is 2. The van der Waals surface area contributed by atoms with Gasteiger partial charge in [0.15, 0.2) is 5.69 Å².